The summed E-state index contributed by atoms with van der Waals surface area (Å²) in [6.07, 6.45) is 2.78. The minimum absolute atomic E-state index is 0.0568. The van der Waals surface area contributed by atoms with E-state index in [4.69, 9.17) is 28.4 Å². The molecule has 0 N–H and O–H groups in total. The van der Waals surface area contributed by atoms with Crippen LogP contribution >= 0.6 is 0 Å². The van der Waals surface area contributed by atoms with Crippen LogP contribution in [0.15, 0.2) is 58.5 Å². The molecule has 0 saturated carbocycles. The maximum atomic E-state index is 11.9. The van der Waals surface area contributed by atoms with Crippen molar-refractivity contribution in [1.29, 1.82) is 0 Å². The molecule has 2 rings (SSSR count). The van der Waals surface area contributed by atoms with Crippen LogP contribution in [0.1, 0.15) is 20.7 Å². The third kappa shape index (κ3) is 12.5. The number of benzene rings is 2. The Labute approximate surface area is 227 Å². The highest BCUT2D eigenvalue weighted by molar-refractivity contribution is 5.90. The molecule has 2 aromatic rings. The zero-order valence-electron chi connectivity index (χ0n) is 21.1. The fraction of sp³-hybridized carbons (Fsp3) is 0.308. The Balaban J connectivity index is 1.44. The highest BCUT2D eigenvalue weighted by atomic mass is 16.6. The van der Waals surface area contributed by atoms with Crippen molar-refractivity contribution in [3.8, 4) is 0 Å². The van der Waals surface area contributed by atoms with Gasteiger partial charge in [-0.3, -0.25) is 0 Å². The van der Waals surface area contributed by atoms with Crippen molar-refractivity contribution in [3.05, 3.63) is 59.7 Å². The summed E-state index contributed by atoms with van der Waals surface area (Å²) < 4.78 is 29.8. The summed E-state index contributed by atoms with van der Waals surface area (Å²) in [5, 5.41) is 0. The lowest BCUT2D eigenvalue weighted by Crippen LogP contribution is -2.21. The molecule has 0 fully saturated rings. The van der Waals surface area contributed by atoms with Crippen molar-refractivity contribution < 1.29 is 57.2 Å². The molecule has 2 aromatic carbocycles. The van der Waals surface area contributed by atoms with Gasteiger partial charge < -0.3 is 28.4 Å². The van der Waals surface area contributed by atoms with Crippen molar-refractivity contribution in [3.63, 3.8) is 0 Å². The maximum absolute atomic E-state index is 11.9. The smallest absolute Gasteiger partial charge is 0.338 e. The zero-order chi connectivity index (χ0) is 29.0. The van der Waals surface area contributed by atoms with Crippen LogP contribution in [0.3, 0.4) is 0 Å². The highest BCUT2D eigenvalue weighted by Gasteiger charge is 2.10. The Morgan fingerprint density at radius 2 is 0.875 bits per heavy atom. The molecule has 0 saturated heterocycles. The van der Waals surface area contributed by atoms with Crippen LogP contribution < -0.4 is 0 Å². The molecule has 14 nitrogen and oxygen atoms in total. The monoisotopic (exact) mass is 556 g/mol. The predicted octanol–water partition coefficient (Wildman–Crippen LogP) is 1.75. The van der Waals surface area contributed by atoms with Crippen molar-refractivity contribution in [2.45, 2.75) is 0 Å². The number of hydrogen-bond donors (Lipinski definition) is 0. The molecular formula is C26H24N2O12. The number of isocyanates is 2. The first-order chi connectivity index (χ1) is 19.4. The third-order valence-electron chi connectivity index (χ3n) is 4.53. The third-order valence-corrected chi connectivity index (χ3v) is 4.53. The first kappa shape index (κ1) is 31.2. The van der Waals surface area contributed by atoms with Gasteiger partial charge in [0.05, 0.1) is 35.7 Å². The van der Waals surface area contributed by atoms with Gasteiger partial charge in [0, 0.05) is 0 Å². The number of aliphatic imine (C=N–C) groups is 2. The molecule has 0 amide bonds. The second-order valence-corrected chi connectivity index (χ2v) is 7.32. The Kier molecular flexibility index (Phi) is 14.3. The van der Waals surface area contributed by atoms with Gasteiger partial charge >= 0.3 is 23.9 Å². The second kappa shape index (κ2) is 18.3. The largest absolute Gasteiger partial charge is 0.460 e. The molecule has 14 heteroatoms. The fourth-order valence-corrected chi connectivity index (χ4v) is 2.71. The molecule has 210 valence electrons. The first-order valence-electron chi connectivity index (χ1n) is 11.6. The number of hydrogen-bond acceptors (Lipinski definition) is 14. The lowest BCUT2D eigenvalue weighted by Gasteiger charge is -2.08. The Morgan fingerprint density at radius 3 is 1.23 bits per heavy atom. The quantitative estimate of drug-likeness (QED) is 0.0906. The molecule has 0 atom stereocenters. The molecule has 0 aliphatic rings. The van der Waals surface area contributed by atoms with Crippen molar-refractivity contribution in [1.82, 2.24) is 0 Å². The molecule has 0 aliphatic carbocycles. The van der Waals surface area contributed by atoms with E-state index in [0.717, 1.165) is 0 Å². The van der Waals surface area contributed by atoms with Gasteiger partial charge in [0.2, 0.25) is 12.2 Å². The molecule has 0 radical (unpaired) electrons. The first-order valence-corrected chi connectivity index (χ1v) is 11.6. The van der Waals surface area contributed by atoms with Gasteiger partial charge in [-0.05, 0) is 48.5 Å². The van der Waals surface area contributed by atoms with E-state index in [1.54, 1.807) is 0 Å². The number of carbonyl (C=O) groups is 4. The summed E-state index contributed by atoms with van der Waals surface area (Å²) in [5.41, 5.74) is 1.19. The minimum atomic E-state index is -0.710. The second-order valence-electron chi connectivity index (χ2n) is 7.32. The molecular weight excluding hydrogens is 532 g/mol. The summed E-state index contributed by atoms with van der Waals surface area (Å²) >= 11 is 0. The van der Waals surface area contributed by atoms with Gasteiger partial charge in [-0.2, -0.15) is 9.98 Å². The van der Waals surface area contributed by atoms with Crippen molar-refractivity contribution in [2.75, 3.05) is 52.9 Å². The van der Waals surface area contributed by atoms with Gasteiger partial charge in [0.1, 0.15) is 39.6 Å². The molecule has 40 heavy (non-hydrogen) atoms. The topological polar surface area (TPSA) is 183 Å². The summed E-state index contributed by atoms with van der Waals surface area (Å²) in [6.45, 7) is -1.55. The van der Waals surface area contributed by atoms with Crippen LogP contribution in [0.25, 0.3) is 0 Å². The number of esters is 4. The van der Waals surface area contributed by atoms with Crippen molar-refractivity contribution in [2.24, 2.45) is 9.98 Å². The normalized spacial score (nSPS) is 9.90. The summed E-state index contributed by atoms with van der Waals surface area (Å²) in [6, 6.07) is 11.6. The maximum Gasteiger partial charge on any atom is 0.338 e. The lowest BCUT2D eigenvalue weighted by atomic mass is 10.2. The standard InChI is InChI=1S/C26H24N2O12/c29-17-27-21-5-1-19(2-6-21)25(33)39-11-9-35-15-23(31)37-13-14-38-24(32)16-36-10-12-40-26(34)20-3-7-22(8-4-20)28-18-30/h1-8H,9-16H2. The summed E-state index contributed by atoms with van der Waals surface area (Å²) in [4.78, 5) is 74.2. The summed E-state index contributed by atoms with van der Waals surface area (Å²) in [5.74, 6) is -2.65. The van der Waals surface area contributed by atoms with E-state index in [1.807, 2.05) is 0 Å². The van der Waals surface area contributed by atoms with E-state index >= 15 is 0 Å². The van der Waals surface area contributed by atoms with Crippen LogP contribution in [0.2, 0.25) is 0 Å². The molecule has 0 bridgehead atoms. The van der Waals surface area contributed by atoms with Crippen LogP contribution in [0.4, 0.5) is 11.4 Å². The minimum Gasteiger partial charge on any atom is -0.460 e. The van der Waals surface area contributed by atoms with Gasteiger partial charge in [0.25, 0.3) is 0 Å². The lowest BCUT2D eigenvalue weighted by molar-refractivity contribution is -0.157. The zero-order valence-corrected chi connectivity index (χ0v) is 21.1. The summed E-state index contributed by atoms with van der Waals surface area (Å²) in [7, 11) is 0. The van der Waals surface area contributed by atoms with Crippen LogP contribution in [0.5, 0.6) is 0 Å². The molecule has 0 unspecified atom stereocenters. The number of carbonyl (C=O) groups excluding carboxylic acids is 6. The van der Waals surface area contributed by atoms with Crippen molar-refractivity contribution >= 4 is 47.4 Å². The van der Waals surface area contributed by atoms with E-state index < -0.39 is 37.1 Å². The SMILES string of the molecule is O=C=Nc1ccc(C(=O)OCCOCC(=O)OCCOC(=O)COCCOC(=O)c2ccc(N=C=O)cc2)cc1. The Bertz CT molecular complexity index is 1130. The average Bonchev–Trinajstić information content (AvgIpc) is 2.96. The fourth-order valence-electron chi connectivity index (χ4n) is 2.71. The Morgan fingerprint density at radius 1 is 0.525 bits per heavy atom. The van der Waals surface area contributed by atoms with Crippen LogP contribution in [0, 0.1) is 0 Å². The number of ether oxygens (including phenoxy) is 6. The molecule has 0 aromatic heterocycles. The Hall–Kier alpha value is -5.00. The van der Waals surface area contributed by atoms with Crippen LogP contribution in [-0.4, -0.2) is 88.9 Å². The van der Waals surface area contributed by atoms with Gasteiger partial charge in [-0.25, -0.2) is 28.8 Å². The molecule has 0 aliphatic heterocycles. The average molecular weight is 556 g/mol. The van der Waals surface area contributed by atoms with E-state index in [0.29, 0.717) is 11.4 Å². The van der Waals surface area contributed by atoms with Gasteiger partial charge in [-0.15, -0.1) is 0 Å². The predicted molar refractivity (Wildman–Crippen MR) is 133 cm³/mol. The van der Waals surface area contributed by atoms with E-state index in [2.05, 4.69) is 9.98 Å². The molecule has 0 heterocycles. The molecule has 0 spiro atoms. The van der Waals surface area contributed by atoms with E-state index in [1.165, 1.54) is 60.7 Å². The number of rotatable bonds is 17. The van der Waals surface area contributed by atoms with E-state index in [9.17, 15) is 28.8 Å². The van der Waals surface area contributed by atoms with Gasteiger partial charge in [0.15, 0.2) is 0 Å². The number of nitrogens with zero attached hydrogens (tertiary/aromatic N) is 2. The van der Waals surface area contributed by atoms with Crippen LogP contribution in [-0.2, 0) is 47.6 Å². The van der Waals surface area contributed by atoms with Gasteiger partial charge in [-0.1, -0.05) is 0 Å². The highest BCUT2D eigenvalue weighted by Crippen LogP contribution is 2.13. The van der Waals surface area contributed by atoms with E-state index in [-0.39, 0.29) is 50.8 Å².